The maximum absolute atomic E-state index is 5.33. The molecule has 1 fully saturated rings. The van der Waals surface area contributed by atoms with Gasteiger partial charge in [0.1, 0.15) is 11.6 Å². The third-order valence-corrected chi connectivity index (χ3v) is 4.27. The molecule has 116 valence electrons. The quantitative estimate of drug-likeness (QED) is 0.865. The van der Waals surface area contributed by atoms with E-state index in [9.17, 15) is 0 Å². The summed E-state index contributed by atoms with van der Waals surface area (Å²) in [5.74, 6) is 1.77. The van der Waals surface area contributed by atoms with E-state index in [4.69, 9.17) is 4.74 Å². The van der Waals surface area contributed by atoms with Crippen molar-refractivity contribution in [3.63, 3.8) is 0 Å². The molecule has 22 heavy (non-hydrogen) atoms. The van der Waals surface area contributed by atoms with Crippen molar-refractivity contribution in [3.8, 4) is 5.75 Å². The molecule has 0 spiro atoms. The number of benzene rings is 1. The van der Waals surface area contributed by atoms with Crippen molar-refractivity contribution in [2.75, 3.05) is 13.7 Å². The molecule has 1 atom stereocenters. The van der Waals surface area contributed by atoms with Crippen LogP contribution >= 0.6 is 0 Å². The van der Waals surface area contributed by atoms with Crippen molar-refractivity contribution in [1.29, 1.82) is 0 Å². The zero-order valence-electron chi connectivity index (χ0n) is 13.3. The Morgan fingerprint density at radius 2 is 2.18 bits per heavy atom. The monoisotopic (exact) mass is 297 g/mol. The molecule has 0 N–H and O–H groups in total. The highest BCUT2D eigenvalue weighted by Gasteiger charge is 2.25. The first-order valence-corrected chi connectivity index (χ1v) is 7.93. The second-order valence-corrected chi connectivity index (χ2v) is 5.86. The second kappa shape index (κ2) is 6.88. The van der Waals surface area contributed by atoms with E-state index in [0.29, 0.717) is 6.04 Å². The zero-order valence-corrected chi connectivity index (χ0v) is 13.3. The van der Waals surface area contributed by atoms with Crippen LogP contribution in [0.5, 0.6) is 5.75 Å². The van der Waals surface area contributed by atoms with E-state index in [1.165, 1.54) is 24.8 Å². The van der Waals surface area contributed by atoms with Gasteiger partial charge in [0.05, 0.1) is 18.8 Å². The molecule has 0 bridgehead atoms. The maximum Gasteiger partial charge on any atom is 0.125 e. The van der Waals surface area contributed by atoms with Gasteiger partial charge in [-0.3, -0.25) is 4.90 Å². The number of piperidine rings is 1. The Balaban J connectivity index is 1.80. The van der Waals surface area contributed by atoms with E-state index in [2.05, 4.69) is 39.1 Å². The Labute approximate surface area is 132 Å². The summed E-state index contributed by atoms with van der Waals surface area (Å²) in [6, 6.07) is 10.8. The molecule has 1 aliphatic rings. The molecule has 1 aromatic heterocycles. The summed E-state index contributed by atoms with van der Waals surface area (Å²) in [4.78, 5) is 11.4. The standard InChI is InChI=1S/C18H23N3O/c1-14-19-10-9-17(20-14)18-8-3-4-11-21(18)13-15-6-5-7-16(12-15)22-2/h5-7,9-10,12,18H,3-4,8,11,13H2,1-2H3/t18-/m0/s1. The fourth-order valence-corrected chi connectivity index (χ4v) is 3.18. The van der Waals surface area contributed by atoms with Gasteiger partial charge in [-0.1, -0.05) is 18.6 Å². The molecule has 4 nitrogen and oxygen atoms in total. The number of likely N-dealkylation sites (tertiary alicyclic amines) is 1. The number of hydrogen-bond donors (Lipinski definition) is 0. The van der Waals surface area contributed by atoms with Crippen LogP contribution in [0.2, 0.25) is 0 Å². The molecular formula is C18H23N3O. The largest absolute Gasteiger partial charge is 0.497 e. The predicted molar refractivity (Wildman–Crippen MR) is 86.8 cm³/mol. The van der Waals surface area contributed by atoms with Crippen molar-refractivity contribution in [3.05, 3.63) is 53.6 Å². The number of nitrogens with zero attached hydrogens (tertiary/aromatic N) is 3. The van der Waals surface area contributed by atoms with Crippen molar-refractivity contribution >= 4 is 0 Å². The summed E-state index contributed by atoms with van der Waals surface area (Å²) >= 11 is 0. The van der Waals surface area contributed by atoms with E-state index >= 15 is 0 Å². The minimum absolute atomic E-state index is 0.390. The smallest absolute Gasteiger partial charge is 0.125 e. The SMILES string of the molecule is COc1cccc(CN2CCCC[C@H]2c2ccnc(C)n2)c1. The molecule has 1 saturated heterocycles. The molecule has 2 heterocycles. The summed E-state index contributed by atoms with van der Waals surface area (Å²) in [5, 5.41) is 0. The number of aryl methyl sites for hydroxylation is 1. The third kappa shape index (κ3) is 3.45. The molecule has 4 heteroatoms. The van der Waals surface area contributed by atoms with Crippen LogP contribution in [0.1, 0.15) is 42.4 Å². The Bertz CT molecular complexity index is 629. The minimum atomic E-state index is 0.390. The predicted octanol–water partition coefficient (Wildman–Crippen LogP) is 3.52. The summed E-state index contributed by atoms with van der Waals surface area (Å²) in [7, 11) is 1.71. The Hall–Kier alpha value is -1.94. The van der Waals surface area contributed by atoms with Gasteiger partial charge in [-0.15, -0.1) is 0 Å². The lowest BCUT2D eigenvalue weighted by molar-refractivity contribution is 0.137. The Kier molecular flexibility index (Phi) is 4.68. The van der Waals surface area contributed by atoms with Crippen molar-refractivity contribution in [2.24, 2.45) is 0 Å². The fourth-order valence-electron chi connectivity index (χ4n) is 3.18. The van der Waals surface area contributed by atoms with E-state index in [1.807, 2.05) is 19.2 Å². The number of methoxy groups -OCH3 is 1. The highest BCUT2D eigenvalue weighted by molar-refractivity contribution is 5.28. The van der Waals surface area contributed by atoms with Gasteiger partial charge < -0.3 is 4.74 Å². The topological polar surface area (TPSA) is 38.2 Å². The zero-order chi connectivity index (χ0) is 15.4. The van der Waals surface area contributed by atoms with Gasteiger partial charge >= 0.3 is 0 Å². The Morgan fingerprint density at radius 3 is 3.00 bits per heavy atom. The van der Waals surface area contributed by atoms with Gasteiger partial charge in [0.25, 0.3) is 0 Å². The number of aromatic nitrogens is 2. The van der Waals surface area contributed by atoms with E-state index in [-0.39, 0.29) is 0 Å². The van der Waals surface area contributed by atoms with Crippen LogP contribution in [0.15, 0.2) is 36.5 Å². The van der Waals surface area contributed by atoms with Crippen molar-refractivity contribution < 1.29 is 4.74 Å². The molecule has 0 aliphatic carbocycles. The molecule has 1 aromatic carbocycles. The summed E-state index contributed by atoms with van der Waals surface area (Å²) < 4.78 is 5.33. The summed E-state index contributed by atoms with van der Waals surface area (Å²) in [6.45, 7) is 4.01. The highest BCUT2D eigenvalue weighted by atomic mass is 16.5. The first-order valence-electron chi connectivity index (χ1n) is 7.93. The number of ether oxygens (including phenoxy) is 1. The van der Waals surface area contributed by atoms with Crippen LogP contribution in [0.25, 0.3) is 0 Å². The van der Waals surface area contributed by atoms with Gasteiger partial charge in [-0.2, -0.15) is 0 Å². The van der Waals surface area contributed by atoms with Crippen LogP contribution in [0, 0.1) is 6.92 Å². The lowest BCUT2D eigenvalue weighted by Crippen LogP contribution is -2.33. The minimum Gasteiger partial charge on any atom is -0.497 e. The Morgan fingerprint density at radius 1 is 1.27 bits per heavy atom. The fraction of sp³-hybridized carbons (Fsp3) is 0.444. The van der Waals surface area contributed by atoms with E-state index in [0.717, 1.165) is 30.4 Å². The lowest BCUT2D eigenvalue weighted by atomic mass is 9.98. The molecule has 1 aliphatic heterocycles. The molecule has 0 saturated carbocycles. The average Bonchev–Trinajstić information content (AvgIpc) is 2.55. The summed E-state index contributed by atoms with van der Waals surface area (Å²) in [6.07, 6.45) is 5.56. The van der Waals surface area contributed by atoms with Crippen LogP contribution in [0.4, 0.5) is 0 Å². The van der Waals surface area contributed by atoms with Gasteiger partial charge in [-0.05, 0) is 50.1 Å². The third-order valence-electron chi connectivity index (χ3n) is 4.27. The van der Waals surface area contributed by atoms with Crippen molar-refractivity contribution in [1.82, 2.24) is 14.9 Å². The van der Waals surface area contributed by atoms with Gasteiger partial charge in [0.2, 0.25) is 0 Å². The van der Waals surface area contributed by atoms with Crippen LogP contribution < -0.4 is 4.74 Å². The maximum atomic E-state index is 5.33. The van der Waals surface area contributed by atoms with Gasteiger partial charge in [0.15, 0.2) is 0 Å². The molecule has 0 amide bonds. The first kappa shape index (κ1) is 15.0. The highest BCUT2D eigenvalue weighted by Crippen LogP contribution is 2.31. The van der Waals surface area contributed by atoms with E-state index < -0.39 is 0 Å². The van der Waals surface area contributed by atoms with Crippen LogP contribution in [-0.2, 0) is 6.54 Å². The molecular weight excluding hydrogens is 274 g/mol. The normalized spacial score (nSPS) is 19.1. The van der Waals surface area contributed by atoms with Gasteiger partial charge in [0, 0.05) is 12.7 Å². The second-order valence-electron chi connectivity index (χ2n) is 5.86. The van der Waals surface area contributed by atoms with Crippen molar-refractivity contribution in [2.45, 2.75) is 38.8 Å². The summed E-state index contributed by atoms with van der Waals surface area (Å²) in [5.41, 5.74) is 2.44. The van der Waals surface area contributed by atoms with Gasteiger partial charge in [-0.25, -0.2) is 9.97 Å². The van der Waals surface area contributed by atoms with E-state index in [1.54, 1.807) is 7.11 Å². The number of rotatable bonds is 4. The van der Waals surface area contributed by atoms with Crippen LogP contribution in [-0.4, -0.2) is 28.5 Å². The van der Waals surface area contributed by atoms with Crippen LogP contribution in [0.3, 0.4) is 0 Å². The molecule has 0 radical (unpaired) electrons. The lowest BCUT2D eigenvalue weighted by Gasteiger charge is -2.35. The number of hydrogen-bond acceptors (Lipinski definition) is 4. The molecule has 3 rings (SSSR count). The molecule has 2 aromatic rings. The first-order chi connectivity index (χ1) is 10.8. The average molecular weight is 297 g/mol. The molecule has 0 unspecified atom stereocenters.